The van der Waals surface area contributed by atoms with Gasteiger partial charge >= 0.3 is 5.69 Å². The molecule has 30 heavy (non-hydrogen) atoms. The second-order valence-electron chi connectivity index (χ2n) is 6.75. The Morgan fingerprint density at radius 1 is 0.967 bits per heavy atom. The number of aromatic nitrogens is 5. The van der Waals surface area contributed by atoms with Crippen LogP contribution in [0.5, 0.6) is 5.75 Å². The molecule has 1 unspecified atom stereocenters. The van der Waals surface area contributed by atoms with Gasteiger partial charge in [0.1, 0.15) is 40.6 Å². The predicted octanol–water partition coefficient (Wildman–Crippen LogP) is 0.523. The Kier molecular flexibility index (Phi) is 3.71. The smallest absolute Gasteiger partial charge is 0.327 e. The number of rotatable bonds is 2. The van der Waals surface area contributed by atoms with Crippen molar-refractivity contribution in [1.82, 2.24) is 24.9 Å². The van der Waals surface area contributed by atoms with Crippen molar-refractivity contribution in [2.45, 2.75) is 5.92 Å². The minimum Gasteiger partial charge on any atom is -0.497 e. The number of ether oxygens (including phenoxy) is 1. The molecule has 11 nitrogen and oxygen atoms in total. The van der Waals surface area contributed by atoms with Crippen molar-refractivity contribution in [2.24, 2.45) is 0 Å². The van der Waals surface area contributed by atoms with E-state index in [2.05, 4.69) is 30.2 Å². The Bertz CT molecular complexity index is 1480. The number of pyridine rings is 1. The number of benzene rings is 1. The Balaban J connectivity index is 1.89. The third-order valence-electron chi connectivity index (χ3n) is 5.12. The maximum absolute atomic E-state index is 13.5. The van der Waals surface area contributed by atoms with Gasteiger partial charge in [-0.2, -0.15) is 0 Å². The number of nitrogens with two attached hydrogens (primary N) is 1. The number of nitrogens with zero attached hydrogens (tertiary/aromatic N) is 2. The summed E-state index contributed by atoms with van der Waals surface area (Å²) in [5, 5.41) is 3.07. The molecule has 1 aromatic carbocycles. The molecular formula is C19H15N7O4. The molecule has 0 saturated heterocycles. The zero-order valence-electron chi connectivity index (χ0n) is 15.6. The van der Waals surface area contributed by atoms with Crippen molar-refractivity contribution in [2.75, 3.05) is 18.2 Å². The lowest BCUT2D eigenvalue weighted by Crippen LogP contribution is -2.34. The first kappa shape index (κ1) is 17.7. The summed E-state index contributed by atoms with van der Waals surface area (Å²) in [6, 6.07) is 6.95. The van der Waals surface area contributed by atoms with Crippen LogP contribution in [0.3, 0.4) is 0 Å². The molecule has 1 aliphatic heterocycles. The molecule has 4 aromatic rings. The average molecular weight is 405 g/mol. The summed E-state index contributed by atoms with van der Waals surface area (Å²) < 4.78 is 5.20. The minimum atomic E-state index is -0.782. The summed E-state index contributed by atoms with van der Waals surface area (Å²) in [5.74, 6) is 0.358. The maximum atomic E-state index is 13.5. The molecule has 3 aromatic heterocycles. The van der Waals surface area contributed by atoms with Gasteiger partial charge in [0.05, 0.1) is 24.2 Å². The normalized spacial score (nSPS) is 14.6. The van der Waals surface area contributed by atoms with E-state index >= 15 is 0 Å². The van der Waals surface area contributed by atoms with Gasteiger partial charge in [0.15, 0.2) is 0 Å². The Hall–Kier alpha value is -4.41. The fourth-order valence-corrected chi connectivity index (χ4v) is 3.79. The fourth-order valence-electron chi connectivity index (χ4n) is 3.79. The molecule has 5 rings (SSSR count). The molecule has 0 saturated carbocycles. The van der Waals surface area contributed by atoms with E-state index in [-0.39, 0.29) is 33.8 Å². The third-order valence-corrected chi connectivity index (χ3v) is 5.12. The monoisotopic (exact) mass is 405 g/mol. The summed E-state index contributed by atoms with van der Waals surface area (Å²) in [5.41, 5.74) is 5.60. The molecule has 1 aliphatic rings. The fraction of sp³-hybridized carbons (Fsp3) is 0.105. The summed E-state index contributed by atoms with van der Waals surface area (Å²) in [6.45, 7) is 0. The number of methoxy groups -OCH3 is 1. The summed E-state index contributed by atoms with van der Waals surface area (Å²) in [7, 11) is 1.54. The van der Waals surface area contributed by atoms with E-state index in [1.54, 1.807) is 31.4 Å². The standard InChI is InChI=1S/C19H15N7O4/c1-30-8-4-2-7(3-5-8)9-10-13(27)12-14(20)21-6-22-15(12)23-16(10)24-17-11(9)18(28)26-19(29)25-17/h2-6,9H,1H3,(H6,20,21,22,23,24,25,26,27,28,29). The SMILES string of the molecule is COc1ccc(C2c3c([nH]c(=O)[nH]c3=O)Nc3[nH]c4ncnc(N)c4c(=O)c32)cc1. The highest BCUT2D eigenvalue weighted by Gasteiger charge is 2.34. The quantitative estimate of drug-likeness (QED) is 0.283. The zero-order chi connectivity index (χ0) is 21.0. The van der Waals surface area contributed by atoms with Gasteiger partial charge in [-0.05, 0) is 17.7 Å². The number of nitrogen functional groups attached to an aromatic ring is 1. The van der Waals surface area contributed by atoms with Crippen LogP contribution >= 0.6 is 0 Å². The molecular weight excluding hydrogens is 390 g/mol. The first-order valence-corrected chi connectivity index (χ1v) is 8.91. The van der Waals surface area contributed by atoms with E-state index in [0.717, 1.165) is 0 Å². The average Bonchev–Trinajstić information content (AvgIpc) is 2.72. The Labute approximate surface area is 167 Å². The second-order valence-corrected chi connectivity index (χ2v) is 6.75. The van der Waals surface area contributed by atoms with Crippen LogP contribution in [-0.4, -0.2) is 32.0 Å². The number of nitrogens with one attached hydrogen (secondary N) is 4. The number of aromatic amines is 3. The first-order valence-electron chi connectivity index (χ1n) is 8.91. The molecule has 11 heteroatoms. The molecule has 0 spiro atoms. The van der Waals surface area contributed by atoms with Crippen molar-refractivity contribution in [3.05, 3.63) is 78.3 Å². The molecule has 0 fully saturated rings. The van der Waals surface area contributed by atoms with Crippen molar-refractivity contribution in [3.8, 4) is 5.75 Å². The molecule has 150 valence electrons. The van der Waals surface area contributed by atoms with Crippen LogP contribution in [0.1, 0.15) is 22.6 Å². The first-order chi connectivity index (χ1) is 14.5. The number of hydrogen-bond acceptors (Lipinski definition) is 8. The van der Waals surface area contributed by atoms with Crippen LogP contribution in [0, 0.1) is 0 Å². The van der Waals surface area contributed by atoms with Crippen LogP contribution in [0.15, 0.2) is 45.0 Å². The lowest BCUT2D eigenvalue weighted by molar-refractivity contribution is 0.414. The zero-order valence-corrected chi connectivity index (χ0v) is 15.6. The Morgan fingerprint density at radius 2 is 1.70 bits per heavy atom. The molecule has 4 heterocycles. The molecule has 6 N–H and O–H groups in total. The van der Waals surface area contributed by atoms with Crippen molar-refractivity contribution in [1.29, 1.82) is 0 Å². The molecule has 0 amide bonds. The third kappa shape index (κ3) is 2.49. The topological polar surface area (TPSA) is 172 Å². The molecule has 0 radical (unpaired) electrons. The van der Waals surface area contributed by atoms with Gasteiger partial charge in [-0.3, -0.25) is 19.6 Å². The maximum Gasteiger partial charge on any atom is 0.327 e. The highest BCUT2D eigenvalue weighted by molar-refractivity contribution is 5.89. The number of fused-ring (bicyclic) bond motifs is 3. The second kappa shape index (κ2) is 6.30. The molecule has 1 atom stereocenters. The highest BCUT2D eigenvalue weighted by atomic mass is 16.5. The number of hydrogen-bond donors (Lipinski definition) is 5. The van der Waals surface area contributed by atoms with Crippen molar-refractivity contribution >= 4 is 28.5 Å². The van der Waals surface area contributed by atoms with E-state index in [4.69, 9.17) is 10.5 Å². The van der Waals surface area contributed by atoms with Gasteiger partial charge in [-0.1, -0.05) is 12.1 Å². The highest BCUT2D eigenvalue weighted by Crippen LogP contribution is 2.40. The van der Waals surface area contributed by atoms with E-state index in [0.29, 0.717) is 17.1 Å². The van der Waals surface area contributed by atoms with E-state index in [1.807, 2.05) is 0 Å². The van der Waals surface area contributed by atoms with Crippen LogP contribution in [0.25, 0.3) is 11.0 Å². The van der Waals surface area contributed by atoms with Crippen LogP contribution < -0.4 is 32.5 Å². The summed E-state index contributed by atoms with van der Waals surface area (Å²) in [4.78, 5) is 53.9. The van der Waals surface area contributed by atoms with Crippen LogP contribution in [0.2, 0.25) is 0 Å². The van der Waals surface area contributed by atoms with Gasteiger partial charge in [-0.15, -0.1) is 0 Å². The largest absolute Gasteiger partial charge is 0.497 e. The summed E-state index contributed by atoms with van der Waals surface area (Å²) >= 11 is 0. The number of H-pyrrole nitrogens is 3. The van der Waals surface area contributed by atoms with Gasteiger partial charge in [-0.25, -0.2) is 14.8 Å². The number of anilines is 3. The Morgan fingerprint density at radius 3 is 2.43 bits per heavy atom. The lowest BCUT2D eigenvalue weighted by Gasteiger charge is -2.27. The van der Waals surface area contributed by atoms with Gasteiger partial charge in [0, 0.05) is 0 Å². The van der Waals surface area contributed by atoms with Gasteiger partial charge < -0.3 is 20.8 Å². The van der Waals surface area contributed by atoms with Gasteiger partial charge in [0.25, 0.3) is 5.56 Å². The van der Waals surface area contributed by atoms with Crippen LogP contribution in [0.4, 0.5) is 17.5 Å². The van der Waals surface area contributed by atoms with Crippen molar-refractivity contribution in [3.63, 3.8) is 0 Å². The van der Waals surface area contributed by atoms with Crippen molar-refractivity contribution < 1.29 is 4.74 Å². The van der Waals surface area contributed by atoms with E-state index in [1.165, 1.54) is 6.33 Å². The van der Waals surface area contributed by atoms with Gasteiger partial charge in [0.2, 0.25) is 5.43 Å². The minimum absolute atomic E-state index is 0.0266. The summed E-state index contributed by atoms with van der Waals surface area (Å²) in [6.07, 6.45) is 1.24. The lowest BCUT2D eigenvalue weighted by atomic mass is 9.83. The van der Waals surface area contributed by atoms with E-state index in [9.17, 15) is 14.4 Å². The van der Waals surface area contributed by atoms with Crippen LogP contribution in [-0.2, 0) is 0 Å². The van der Waals surface area contributed by atoms with E-state index < -0.39 is 22.6 Å². The molecule has 0 bridgehead atoms. The molecule has 0 aliphatic carbocycles. The predicted molar refractivity (Wildman–Crippen MR) is 109 cm³/mol.